The first kappa shape index (κ1) is 15.8. The maximum absolute atomic E-state index is 2.57. The van der Waals surface area contributed by atoms with Crippen LogP contribution in [-0.2, 0) is 39.3 Å². The lowest BCUT2D eigenvalue weighted by molar-refractivity contribution is 0.267. The van der Waals surface area contributed by atoms with Crippen molar-refractivity contribution in [2.45, 2.75) is 39.3 Å². The number of benzene rings is 3. The summed E-state index contributed by atoms with van der Waals surface area (Å²) < 4.78 is 0. The molecule has 2 aliphatic rings. The van der Waals surface area contributed by atoms with Crippen molar-refractivity contribution in [2.24, 2.45) is 0 Å². The van der Waals surface area contributed by atoms with Crippen LogP contribution in [-0.4, -0.2) is 9.80 Å². The first-order chi connectivity index (χ1) is 12.8. The minimum absolute atomic E-state index is 1.04. The molecule has 3 aromatic carbocycles. The standard InChI is InChI=1S/C24H24N2/c1-3-7-19(8-4-1)13-25-15-21-11-12-22-16-26(18-24(22)23(21)17-25)14-20-9-5-2-6-10-20/h1-12H,13-18H2. The zero-order valence-corrected chi connectivity index (χ0v) is 15.1. The monoisotopic (exact) mass is 340 g/mol. The molecule has 0 radical (unpaired) electrons. The van der Waals surface area contributed by atoms with Crippen LogP contribution in [0.4, 0.5) is 0 Å². The molecule has 0 saturated heterocycles. The minimum atomic E-state index is 1.04. The summed E-state index contributed by atoms with van der Waals surface area (Å²) >= 11 is 0. The Labute approximate surface area is 155 Å². The molecule has 26 heavy (non-hydrogen) atoms. The molecule has 0 unspecified atom stereocenters. The molecule has 0 spiro atoms. The van der Waals surface area contributed by atoms with Gasteiger partial charge in [0.05, 0.1) is 0 Å². The van der Waals surface area contributed by atoms with Crippen LogP contribution in [0.2, 0.25) is 0 Å². The van der Waals surface area contributed by atoms with E-state index in [0.717, 1.165) is 39.3 Å². The zero-order valence-electron chi connectivity index (χ0n) is 15.1. The van der Waals surface area contributed by atoms with E-state index in [0.29, 0.717) is 0 Å². The summed E-state index contributed by atoms with van der Waals surface area (Å²) in [5, 5.41) is 0. The molecule has 2 heteroatoms. The summed E-state index contributed by atoms with van der Waals surface area (Å²) in [7, 11) is 0. The van der Waals surface area contributed by atoms with E-state index in [1.807, 2.05) is 0 Å². The lowest BCUT2D eigenvalue weighted by Crippen LogP contribution is -2.16. The fourth-order valence-corrected chi connectivity index (χ4v) is 4.43. The molecular weight excluding hydrogens is 316 g/mol. The Morgan fingerprint density at radius 2 is 0.923 bits per heavy atom. The predicted molar refractivity (Wildman–Crippen MR) is 105 cm³/mol. The van der Waals surface area contributed by atoms with E-state index in [1.54, 1.807) is 11.1 Å². The van der Waals surface area contributed by atoms with Gasteiger partial charge in [-0.15, -0.1) is 0 Å². The molecule has 2 aliphatic heterocycles. The molecule has 3 aromatic rings. The Morgan fingerprint density at radius 3 is 1.35 bits per heavy atom. The highest BCUT2D eigenvalue weighted by Crippen LogP contribution is 2.34. The fourth-order valence-electron chi connectivity index (χ4n) is 4.43. The number of hydrogen-bond donors (Lipinski definition) is 0. The molecule has 2 heterocycles. The molecule has 0 aromatic heterocycles. The highest BCUT2D eigenvalue weighted by atomic mass is 15.2. The van der Waals surface area contributed by atoms with Gasteiger partial charge >= 0.3 is 0 Å². The van der Waals surface area contributed by atoms with Gasteiger partial charge in [-0.3, -0.25) is 9.80 Å². The molecular formula is C24H24N2. The zero-order chi connectivity index (χ0) is 17.3. The average molecular weight is 340 g/mol. The lowest BCUT2D eigenvalue weighted by atomic mass is 10.0. The van der Waals surface area contributed by atoms with Crippen LogP contribution < -0.4 is 0 Å². The maximum Gasteiger partial charge on any atom is 0.0247 e. The summed E-state index contributed by atoms with van der Waals surface area (Å²) in [5.74, 6) is 0. The highest BCUT2D eigenvalue weighted by Gasteiger charge is 2.28. The average Bonchev–Trinajstić information content (AvgIpc) is 3.26. The van der Waals surface area contributed by atoms with Crippen LogP contribution in [0.1, 0.15) is 33.4 Å². The predicted octanol–water partition coefficient (Wildman–Crippen LogP) is 4.72. The van der Waals surface area contributed by atoms with Gasteiger partial charge in [0.25, 0.3) is 0 Å². The third-order valence-electron chi connectivity index (χ3n) is 5.67. The van der Waals surface area contributed by atoms with Gasteiger partial charge in [0.15, 0.2) is 0 Å². The van der Waals surface area contributed by atoms with Gasteiger partial charge in [0.2, 0.25) is 0 Å². The van der Waals surface area contributed by atoms with Crippen molar-refractivity contribution in [1.29, 1.82) is 0 Å². The topological polar surface area (TPSA) is 6.48 Å². The van der Waals surface area contributed by atoms with Crippen LogP contribution in [0.15, 0.2) is 72.8 Å². The van der Waals surface area contributed by atoms with Gasteiger partial charge in [-0.1, -0.05) is 72.8 Å². The van der Waals surface area contributed by atoms with Gasteiger partial charge in [0.1, 0.15) is 0 Å². The summed E-state index contributed by atoms with van der Waals surface area (Å²) in [6.07, 6.45) is 0. The Kier molecular flexibility index (Phi) is 4.08. The maximum atomic E-state index is 2.57. The largest absolute Gasteiger partial charge is 0.291 e. The number of hydrogen-bond acceptors (Lipinski definition) is 2. The Balaban J connectivity index is 1.32. The highest BCUT2D eigenvalue weighted by molar-refractivity contribution is 5.45. The number of fused-ring (bicyclic) bond motifs is 3. The van der Waals surface area contributed by atoms with E-state index in [9.17, 15) is 0 Å². The van der Waals surface area contributed by atoms with E-state index < -0.39 is 0 Å². The molecule has 0 N–H and O–H groups in total. The van der Waals surface area contributed by atoms with Crippen LogP contribution in [0, 0.1) is 0 Å². The molecule has 130 valence electrons. The Morgan fingerprint density at radius 1 is 0.500 bits per heavy atom. The van der Waals surface area contributed by atoms with E-state index in [2.05, 4.69) is 82.6 Å². The van der Waals surface area contributed by atoms with Crippen molar-refractivity contribution in [1.82, 2.24) is 9.80 Å². The third-order valence-corrected chi connectivity index (χ3v) is 5.67. The normalized spacial score (nSPS) is 16.6. The van der Waals surface area contributed by atoms with Crippen LogP contribution in [0.25, 0.3) is 0 Å². The summed E-state index contributed by atoms with van der Waals surface area (Å²) in [6, 6.07) is 26.4. The van der Waals surface area contributed by atoms with E-state index >= 15 is 0 Å². The smallest absolute Gasteiger partial charge is 0.0247 e. The van der Waals surface area contributed by atoms with Crippen molar-refractivity contribution in [3.05, 3.63) is 106 Å². The van der Waals surface area contributed by atoms with Crippen LogP contribution >= 0.6 is 0 Å². The molecule has 5 rings (SSSR count). The lowest BCUT2D eigenvalue weighted by Gasteiger charge is -2.16. The molecule has 0 aliphatic carbocycles. The first-order valence-electron chi connectivity index (χ1n) is 9.50. The minimum Gasteiger partial charge on any atom is -0.291 e. The summed E-state index contributed by atoms with van der Waals surface area (Å²) in [5.41, 5.74) is 9.05. The van der Waals surface area contributed by atoms with E-state index in [4.69, 9.17) is 0 Å². The Hall–Kier alpha value is -2.42. The van der Waals surface area contributed by atoms with Gasteiger partial charge in [-0.2, -0.15) is 0 Å². The molecule has 0 saturated carbocycles. The van der Waals surface area contributed by atoms with Crippen molar-refractivity contribution < 1.29 is 0 Å². The molecule has 2 nitrogen and oxygen atoms in total. The summed E-state index contributed by atoms with van der Waals surface area (Å²) in [6.45, 7) is 6.42. The second-order valence-electron chi connectivity index (χ2n) is 7.60. The van der Waals surface area contributed by atoms with E-state index in [-0.39, 0.29) is 0 Å². The van der Waals surface area contributed by atoms with Gasteiger partial charge in [0, 0.05) is 39.3 Å². The molecule has 0 amide bonds. The van der Waals surface area contributed by atoms with Crippen molar-refractivity contribution in [2.75, 3.05) is 0 Å². The molecule has 0 atom stereocenters. The SMILES string of the molecule is c1ccc(CN2Cc3ccc4c(c3C2)CN(Cc2ccccc2)C4)cc1. The first-order valence-corrected chi connectivity index (χ1v) is 9.50. The molecule has 0 fully saturated rings. The molecule has 0 bridgehead atoms. The van der Waals surface area contributed by atoms with Crippen LogP contribution in [0.5, 0.6) is 0 Å². The number of rotatable bonds is 4. The van der Waals surface area contributed by atoms with Gasteiger partial charge in [-0.05, 0) is 33.4 Å². The van der Waals surface area contributed by atoms with Gasteiger partial charge in [-0.25, -0.2) is 0 Å². The van der Waals surface area contributed by atoms with Crippen molar-refractivity contribution in [3.8, 4) is 0 Å². The fraction of sp³-hybridized carbons (Fsp3) is 0.250. The number of nitrogens with zero attached hydrogens (tertiary/aromatic N) is 2. The third kappa shape index (κ3) is 3.07. The van der Waals surface area contributed by atoms with Gasteiger partial charge < -0.3 is 0 Å². The quantitative estimate of drug-likeness (QED) is 0.678. The summed E-state index contributed by atoms with van der Waals surface area (Å²) in [4.78, 5) is 5.14. The second kappa shape index (κ2) is 6.71. The Bertz CT molecular complexity index is 826. The van der Waals surface area contributed by atoms with Crippen LogP contribution in [0.3, 0.4) is 0 Å². The van der Waals surface area contributed by atoms with Crippen molar-refractivity contribution in [3.63, 3.8) is 0 Å². The second-order valence-corrected chi connectivity index (χ2v) is 7.60. The van der Waals surface area contributed by atoms with Crippen molar-refractivity contribution >= 4 is 0 Å². The van der Waals surface area contributed by atoms with E-state index in [1.165, 1.54) is 22.3 Å².